The number of amides is 2. The lowest BCUT2D eigenvalue weighted by Gasteiger charge is -2.22. The number of urea groups is 1. The molecule has 2 amide bonds. The molecule has 2 aromatic heterocycles. The Kier molecular flexibility index (Phi) is 4.37. The van der Waals surface area contributed by atoms with Gasteiger partial charge in [0.05, 0.1) is 12.8 Å². The molecule has 1 aliphatic rings. The zero-order valence-corrected chi connectivity index (χ0v) is 13.2. The summed E-state index contributed by atoms with van der Waals surface area (Å²) in [6.07, 6.45) is 3.93. The van der Waals surface area contributed by atoms with Crippen LogP contribution in [0.4, 0.5) is 4.79 Å². The number of rotatable bonds is 5. The topological polar surface area (TPSA) is 95.8 Å². The number of H-pyrrole nitrogens is 1. The molecule has 3 rings (SSSR count). The molecule has 3 heterocycles. The molecule has 1 unspecified atom stereocenters. The molecule has 2 aromatic rings. The maximum absolute atomic E-state index is 11.8. The van der Waals surface area contributed by atoms with Crippen LogP contribution in [0.25, 0.3) is 11.6 Å². The third-order valence-corrected chi connectivity index (χ3v) is 5.15. The highest BCUT2D eigenvalue weighted by Crippen LogP contribution is 2.36. The van der Waals surface area contributed by atoms with Gasteiger partial charge in [-0.05, 0) is 37.7 Å². The molecule has 118 valence electrons. The number of carbonyl (C=O) groups excluding carboxylic acids is 1. The van der Waals surface area contributed by atoms with Crippen molar-refractivity contribution in [3.05, 3.63) is 24.2 Å². The Bertz CT molecular complexity index is 619. The minimum Gasteiger partial charge on any atom is -0.461 e. The summed E-state index contributed by atoms with van der Waals surface area (Å²) in [5, 5.41) is 12.5. The van der Waals surface area contributed by atoms with Crippen LogP contribution in [0.5, 0.6) is 0 Å². The van der Waals surface area contributed by atoms with E-state index in [-0.39, 0.29) is 10.8 Å². The smallest absolute Gasteiger partial charge is 0.315 e. The molecule has 0 radical (unpaired) electrons. The fourth-order valence-electron chi connectivity index (χ4n) is 2.36. The Labute approximate surface area is 132 Å². The Hall–Kier alpha value is -1.96. The Morgan fingerprint density at radius 3 is 3.18 bits per heavy atom. The lowest BCUT2D eigenvalue weighted by Crippen LogP contribution is -2.42. The zero-order valence-electron chi connectivity index (χ0n) is 12.4. The van der Waals surface area contributed by atoms with Gasteiger partial charge in [-0.3, -0.25) is 5.10 Å². The summed E-state index contributed by atoms with van der Waals surface area (Å²) in [5.41, 5.74) is 0. The van der Waals surface area contributed by atoms with Crippen molar-refractivity contribution in [2.75, 3.05) is 12.3 Å². The Morgan fingerprint density at radius 1 is 1.55 bits per heavy atom. The average Bonchev–Trinajstić information content (AvgIpc) is 3.24. The van der Waals surface area contributed by atoms with Crippen LogP contribution in [0.3, 0.4) is 0 Å². The summed E-state index contributed by atoms with van der Waals surface area (Å²) in [6, 6.07) is 3.37. The Balaban J connectivity index is 1.45. The molecule has 1 saturated heterocycles. The van der Waals surface area contributed by atoms with Gasteiger partial charge in [-0.2, -0.15) is 11.8 Å². The van der Waals surface area contributed by atoms with Crippen LogP contribution in [-0.4, -0.2) is 38.3 Å². The van der Waals surface area contributed by atoms with Gasteiger partial charge in [0.15, 0.2) is 5.76 Å². The summed E-state index contributed by atoms with van der Waals surface area (Å²) in [7, 11) is 0. The molecule has 0 bridgehead atoms. The quantitative estimate of drug-likeness (QED) is 0.784. The number of aromatic nitrogens is 3. The SMILES string of the molecule is CC1(CNC(=O)NCc2nc(-c3ccco3)n[nH]2)CCCS1. The molecule has 0 aliphatic carbocycles. The molecular weight excluding hydrogens is 302 g/mol. The number of nitrogens with zero attached hydrogens (tertiary/aromatic N) is 2. The van der Waals surface area contributed by atoms with E-state index >= 15 is 0 Å². The number of thioether (sulfide) groups is 1. The first-order valence-corrected chi connectivity index (χ1v) is 8.24. The van der Waals surface area contributed by atoms with Crippen molar-refractivity contribution < 1.29 is 9.21 Å². The van der Waals surface area contributed by atoms with E-state index in [1.165, 1.54) is 12.2 Å². The van der Waals surface area contributed by atoms with Gasteiger partial charge in [-0.1, -0.05) is 0 Å². The van der Waals surface area contributed by atoms with Crippen molar-refractivity contribution in [1.82, 2.24) is 25.8 Å². The first-order valence-electron chi connectivity index (χ1n) is 7.25. The van der Waals surface area contributed by atoms with E-state index in [1.807, 2.05) is 11.8 Å². The van der Waals surface area contributed by atoms with Gasteiger partial charge in [0, 0.05) is 11.3 Å². The van der Waals surface area contributed by atoms with Gasteiger partial charge in [0.1, 0.15) is 5.82 Å². The molecule has 1 fully saturated rings. The molecule has 3 N–H and O–H groups in total. The molecule has 0 aromatic carbocycles. The number of hydrogen-bond donors (Lipinski definition) is 3. The fourth-order valence-corrected chi connectivity index (χ4v) is 3.60. The summed E-state index contributed by atoms with van der Waals surface area (Å²) in [5.74, 6) is 2.84. The van der Waals surface area contributed by atoms with Crippen LogP contribution < -0.4 is 10.6 Å². The first kappa shape index (κ1) is 15.0. The largest absolute Gasteiger partial charge is 0.461 e. The van der Waals surface area contributed by atoms with Gasteiger partial charge in [0.2, 0.25) is 5.82 Å². The second-order valence-electron chi connectivity index (χ2n) is 5.52. The van der Waals surface area contributed by atoms with Gasteiger partial charge in [-0.15, -0.1) is 5.10 Å². The van der Waals surface area contributed by atoms with Crippen molar-refractivity contribution in [2.24, 2.45) is 0 Å². The standard InChI is InChI=1S/C14H19N5O2S/c1-14(5-3-7-22-14)9-16-13(20)15-8-11-17-12(19-18-11)10-4-2-6-21-10/h2,4,6H,3,5,7-9H2,1H3,(H2,15,16,20)(H,17,18,19). The van der Waals surface area contributed by atoms with Crippen LogP contribution in [0.1, 0.15) is 25.6 Å². The van der Waals surface area contributed by atoms with Crippen LogP contribution in [0, 0.1) is 0 Å². The average molecular weight is 321 g/mol. The van der Waals surface area contributed by atoms with Crippen LogP contribution in [0.15, 0.2) is 22.8 Å². The maximum Gasteiger partial charge on any atom is 0.315 e. The minimum absolute atomic E-state index is 0.163. The summed E-state index contributed by atoms with van der Waals surface area (Å²) >= 11 is 1.92. The number of nitrogens with one attached hydrogen (secondary N) is 3. The van der Waals surface area contributed by atoms with Crippen LogP contribution in [-0.2, 0) is 6.54 Å². The van der Waals surface area contributed by atoms with E-state index in [1.54, 1.807) is 18.4 Å². The number of carbonyl (C=O) groups is 1. The highest BCUT2D eigenvalue weighted by atomic mass is 32.2. The summed E-state index contributed by atoms with van der Waals surface area (Å²) in [6.45, 7) is 3.16. The molecule has 0 spiro atoms. The van der Waals surface area contributed by atoms with E-state index in [4.69, 9.17) is 4.42 Å². The molecule has 1 atom stereocenters. The van der Waals surface area contributed by atoms with Crippen LogP contribution >= 0.6 is 11.8 Å². The third-order valence-electron chi connectivity index (χ3n) is 3.61. The molecule has 0 saturated carbocycles. The maximum atomic E-state index is 11.8. The highest BCUT2D eigenvalue weighted by molar-refractivity contribution is 8.00. The molecule has 22 heavy (non-hydrogen) atoms. The number of aromatic amines is 1. The molecule has 8 heteroatoms. The normalized spacial score (nSPS) is 21.0. The van der Waals surface area contributed by atoms with Crippen molar-refractivity contribution >= 4 is 17.8 Å². The molecular formula is C14H19N5O2S. The monoisotopic (exact) mass is 321 g/mol. The van der Waals surface area contributed by atoms with Gasteiger partial charge in [-0.25, -0.2) is 9.78 Å². The molecule has 1 aliphatic heterocycles. The summed E-state index contributed by atoms with van der Waals surface area (Å²) in [4.78, 5) is 16.1. The van der Waals surface area contributed by atoms with Crippen molar-refractivity contribution in [2.45, 2.75) is 31.1 Å². The van der Waals surface area contributed by atoms with Gasteiger partial charge < -0.3 is 15.1 Å². The van der Waals surface area contributed by atoms with Gasteiger partial charge in [0.25, 0.3) is 0 Å². The van der Waals surface area contributed by atoms with Crippen molar-refractivity contribution in [1.29, 1.82) is 0 Å². The summed E-state index contributed by atoms with van der Waals surface area (Å²) < 4.78 is 5.38. The lowest BCUT2D eigenvalue weighted by molar-refractivity contribution is 0.239. The molecule has 7 nitrogen and oxygen atoms in total. The Morgan fingerprint density at radius 2 is 2.45 bits per heavy atom. The first-order chi connectivity index (χ1) is 10.6. The second kappa shape index (κ2) is 6.43. The van der Waals surface area contributed by atoms with E-state index in [0.29, 0.717) is 30.5 Å². The van der Waals surface area contributed by atoms with Crippen molar-refractivity contribution in [3.63, 3.8) is 0 Å². The zero-order chi connectivity index (χ0) is 15.4. The van der Waals surface area contributed by atoms with Gasteiger partial charge >= 0.3 is 6.03 Å². The number of furan rings is 1. The third kappa shape index (κ3) is 3.62. The van der Waals surface area contributed by atoms with E-state index in [2.05, 4.69) is 32.7 Å². The fraction of sp³-hybridized carbons (Fsp3) is 0.500. The van der Waals surface area contributed by atoms with E-state index in [0.717, 1.165) is 6.42 Å². The van der Waals surface area contributed by atoms with Crippen LogP contribution in [0.2, 0.25) is 0 Å². The van der Waals surface area contributed by atoms with E-state index < -0.39 is 0 Å². The second-order valence-corrected chi connectivity index (χ2v) is 7.20. The van der Waals surface area contributed by atoms with E-state index in [9.17, 15) is 4.79 Å². The lowest BCUT2D eigenvalue weighted by atomic mass is 10.1. The van der Waals surface area contributed by atoms with Crippen molar-refractivity contribution in [3.8, 4) is 11.6 Å². The number of hydrogen-bond acceptors (Lipinski definition) is 5. The minimum atomic E-state index is -0.190. The highest BCUT2D eigenvalue weighted by Gasteiger charge is 2.29. The predicted octanol–water partition coefficient (Wildman–Crippen LogP) is 2.15. The predicted molar refractivity (Wildman–Crippen MR) is 84.4 cm³/mol.